The van der Waals surface area contributed by atoms with Crippen molar-refractivity contribution in [3.63, 3.8) is 0 Å². The van der Waals surface area contributed by atoms with E-state index in [0.29, 0.717) is 31.7 Å². The van der Waals surface area contributed by atoms with Crippen molar-refractivity contribution in [3.05, 3.63) is 35.4 Å². The van der Waals surface area contributed by atoms with Gasteiger partial charge in [0.15, 0.2) is 0 Å². The van der Waals surface area contributed by atoms with Crippen LogP contribution in [0.25, 0.3) is 0 Å². The van der Waals surface area contributed by atoms with Gasteiger partial charge < -0.3 is 15.7 Å². The molecule has 0 unspecified atom stereocenters. The van der Waals surface area contributed by atoms with Crippen molar-refractivity contribution in [2.24, 2.45) is 5.92 Å². The van der Waals surface area contributed by atoms with Gasteiger partial charge in [-0.3, -0.25) is 14.4 Å². The number of carboxylic acid groups (broad SMARTS) is 1. The molecule has 0 spiro atoms. The molecule has 0 saturated heterocycles. The highest BCUT2D eigenvalue weighted by Gasteiger charge is 2.28. The van der Waals surface area contributed by atoms with Crippen LogP contribution in [0, 0.1) is 17.6 Å². The Kier molecular flexibility index (Phi) is 6.65. The molecule has 1 saturated carbocycles. The number of hydrogen-bond donors (Lipinski definition) is 3. The molecular formula is C18H22F2N2O4. The molecule has 8 heteroatoms. The van der Waals surface area contributed by atoms with Gasteiger partial charge in [-0.1, -0.05) is 6.07 Å². The smallest absolute Gasteiger partial charge is 0.306 e. The third kappa shape index (κ3) is 5.50. The minimum absolute atomic E-state index is 0.0336. The van der Waals surface area contributed by atoms with Gasteiger partial charge in [0.1, 0.15) is 11.6 Å². The number of halogens is 2. The highest BCUT2D eigenvalue weighted by molar-refractivity contribution is 5.79. The maximum Gasteiger partial charge on any atom is 0.306 e. The Bertz CT molecular complexity index is 688. The fourth-order valence-electron chi connectivity index (χ4n) is 3.22. The van der Waals surface area contributed by atoms with Crippen LogP contribution in [0.5, 0.6) is 0 Å². The second kappa shape index (κ2) is 8.73. The van der Waals surface area contributed by atoms with E-state index in [1.807, 2.05) is 0 Å². The topological polar surface area (TPSA) is 95.5 Å². The number of hydrogen-bond acceptors (Lipinski definition) is 3. The summed E-state index contributed by atoms with van der Waals surface area (Å²) in [6.45, 7) is 1.25. The van der Waals surface area contributed by atoms with Crippen molar-refractivity contribution in [3.8, 4) is 0 Å². The monoisotopic (exact) mass is 368 g/mol. The maximum atomic E-state index is 14.0. The van der Waals surface area contributed by atoms with E-state index in [1.54, 1.807) is 0 Å². The first-order chi connectivity index (χ1) is 12.3. The fraction of sp³-hybridized carbons (Fsp3) is 0.500. The molecule has 1 fully saturated rings. The van der Waals surface area contributed by atoms with E-state index >= 15 is 0 Å². The molecule has 1 aromatic carbocycles. The lowest BCUT2D eigenvalue weighted by Crippen LogP contribution is -2.40. The van der Waals surface area contributed by atoms with E-state index in [-0.39, 0.29) is 29.9 Å². The Labute approximate surface area is 150 Å². The minimum atomic E-state index is -0.913. The zero-order chi connectivity index (χ0) is 19.3. The lowest BCUT2D eigenvalue weighted by atomic mass is 9.86. The molecule has 0 heterocycles. The minimum Gasteiger partial charge on any atom is -0.481 e. The summed E-state index contributed by atoms with van der Waals surface area (Å²) < 4.78 is 27.1. The molecule has 0 bridgehead atoms. The Morgan fingerprint density at radius 1 is 1.19 bits per heavy atom. The number of carbonyl (C=O) groups is 3. The number of carboxylic acids is 1. The first-order valence-corrected chi connectivity index (χ1v) is 8.50. The van der Waals surface area contributed by atoms with Crippen LogP contribution in [-0.2, 0) is 14.4 Å². The van der Waals surface area contributed by atoms with Crippen molar-refractivity contribution in [1.82, 2.24) is 10.6 Å². The fourth-order valence-corrected chi connectivity index (χ4v) is 3.22. The van der Waals surface area contributed by atoms with Crippen LogP contribution in [0.4, 0.5) is 8.78 Å². The highest BCUT2D eigenvalue weighted by atomic mass is 19.1. The lowest BCUT2D eigenvalue weighted by Gasteiger charge is -2.27. The molecule has 2 rings (SSSR count). The maximum absolute atomic E-state index is 14.0. The molecule has 3 N–H and O–H groups in total. The lowest BCUT2D eigenvalue weighted by molar-refractivity contribution is -0.142. The van der Waals surface area contributed by atoms with Gasteiger partial charge >= 0.3 is 5.97 Å². The quantitative estimate of drug-likeness (QED) is 0.718. The van der Waals surface area contributed by atoms with E-state index in [0.717, 1.165) is 6.07 Å². The van der Waals surface area contributed by atoms with E-state index in [2.05, 4.69) is 10.6 Å². The average molecular weight is 368 g/mol. The van der Waals surface area contributed by atoms with Gasteiger partial charge in [0.25, 0.3) is 0 Å². The van der Waals surface area contributed by atoms with Gasteiger partial charge in [-0.2, -0.15) is 0 Å². The molecule has 142 valence electrons. The predicted molar refractivity (Wildman–Crippen MR) is 89.1 cm³/mol. The summed E-state index contributed by atoms with van der Waals surface area (Å²) in [5.41, 5.74) is 0.0336. The summed E-state index contributed by atoms with van der Waals surface area (Å²) in [7, 11) is 0. The van der Waals surface area contributed by atoms with E-state index in [9.17, 15) is 23.2 Å². The Morgan fingerprint density at radius 2 is 1.85 bits per heavy atom. The average Bonchev–Trinajstić information content (AvgIpc) is 2.54. The largest absolute Gasteiger partial charge is 0.481 e. The van der Waals surface area contributed by atoms with Crippen LogP contribution in [0.3, 0.4) is 0 Å². The number of amides is 2. The van der Waals surface area contributed by atoms with E-state index in [4.69, 9.17) is 5.11 Å². The third-order valence-electron chi connectivity index (χ3n) is 4.55. The third-order valence-corrected chi connectivity index (χ3v) is 4.55. The predicted octanol–water partition coefficient (Wildman–Crippen LogP) is 2.29. The first kappa shape index (κ1) is 19.8. The molecule has 1 aliphatic carbocycles. The molecule has 0 radical (unpaired) electrons. The summed E-state index contributed by atoms with van der Waals surface area (Å²) in [6, 6.07) is 1.92. The van der Waals surface area contributed by atoms with Crippen molar-refractivity contribution < 1.29 is 28.3 Å². The van der Waals surface area contributed by atoms with E-state index in [1.165, 1.54) is 13.0 Å². The van der Waals surface area contributed by atoms with Gasteiger partial charge in [-0.25, -0.2) is 8.78 Å². The van der Waals surface area contributed by atoms with Crippen molar-refractivity contribution in [2.45, 2.75) is 51.1 Å². The van der Waals surface area contributed by atoms with Crippen molar-refractivity contribution in [2.75, 3.05) is 0 Å². The van der Waals surface area contributed by atoms with Crippen LogP contribution in [0.2, 0.25) is 0 Å². The Hall–Kier alpha value is -2.51. The van der Waals surface area contributed by atoms with Crippen molar-refractivity contribution in [1.29, 1.82) is 0 Å². The van der Waals surface area contributed by atoms with Gasteiger partial charge in [-0.05, 0) is 31.7 Å². The summed E-state index contributed by atoms with van der Waals surface area (Å²) >= 11 is 0. The summed E-state index contributed by atoms with van der Waals surface area (Å²) in [6.07, 6.45) is 1.89. The summed E-state index contributed by atoms with van der Waals surface area (Å²) in [4.78, 5) is 34.6. The molecule has 0 aromatic heterocycles. The molecule has 1 atom stereocenters. The molecule has 6 nitrogen and oxygen atoms in total. The highest BCUT2D eigenvalue weighted by Crippen LogP contribution is 2.25. The Morgan fingerprint density at radius 3 is 2.38 bits per heavy atom. The number of carbonyl (C=O) groups excluding carboxylic acids is 2. The zero-order valence-electron chi connectivity index (χ0n) is 14.4. The van der Waals surface area contributed by atoms with Crippen LogP contribution in [-0.4, -0.2) is 28.9 Å². The zero-order valence-corrected chi connectivity index (χ0v) is 14.4. The van der Waals surface area contributed by atoms with Crippen molar-refractivity contribution >= 4 is 17.8 Å². The SMILES string of the molecule is CC(=O)N[C@@H](CC(=O)NC1CCC(C(=O)O)CC1)c1ccc(F)cc1F. The second-order valence-corrected chi connectivity index (χ2v) is 6.58. The second-order valence-electron chi connectivity index (χ2n) is 6.58. The molecule has 0 aliphatic heterocycles. The number of rotatable bonds is 6. The molecular weight excluding hydrogens is 346 g/mol. The van der Waals surface area contributed by atoms with Gasteiger partial charge in [-0.15, -0.1) is 0 Å². The molecule has 1 aliphatic rings. The molecule has 26 heavy (non-hydrogen) atoms. The van der Waals surface area contributed by atoms with Crippen LogP contribution in [0.15, 0.2) is 18.2 Å². The number of benzene rings is 1. The standard InChI is InChI=1S/C18H22F2N2O4/c1-10(23)21-16(14-7-4-12(19)8-15(14)20)9-17(24)22-13-5-2-11(3-6-13)18(25)26/h4,7-8,11,13,16H,2-3,5-6,9H2,1H3,(H,21,23)(H,22,24)(H,25,26)/t11?,13?,16-/m0/s1. The summed E-state index contributed by atoms with van der Waals surface area (Å²) in [5.74, 6) is -3.61. The van der Waals surface area contributed by atoms with E-state index < -0.39 is 29.6 Å². The Balaban J connectivity index is 1.98. The van der Waals surface area contributed by atoms with Gasteiger partial charge in [0.2, 0.25) is 11.8 Å². The van der Waals surface area contributed by atoms with Crippen LogP contribution >= 0.6 is 0 Å². The summed E-state index contributed by atoms with van der Waals surface area (Å²) in [5, 5.41) is 14.3. The normalized spacial score (nSPS) is 20.9. The molecule has 1 aromatic rings. The number of aliphatic carboxylic acids is 1. The van der Waals surface area contributed by atoms with Gasteiger partial charge in [0.05, 0.1) is 18.4 Å². The van der Waals surface area contributed by atoms with Gasteiger partial charge in [0, 0.05) is 24.6 Å². The van der Waals surface area contributed by atoms with Crippen LogP contribution in [0.1, 0.15) is 50.6 Å². The first-order valence-electron chi connectivity index (χ1n) is 8.50. The number of nitrogens with one attached hydrogen (secondary N) is 2. The van der Waals surface area contributed by atoms with Crippen LogP contribution < -0.4 is 10.6 Å². The molecule has 2 amide bonds.